The first-order valence-electron chi connectivity index (χ1n) is 9.61. The highest BCUT2D eigenvalue weighted by Gasteiger charge is 2.34. The molecule has 3 heterocycles. The van der Waals surface area contributed by atoms with Crippen molar-refractivity contribution in [3.05, 3.63) is 96.3 Å². The maximum absolute atomic E-state index is 12.4. The van der Waals surface area contributed by atoms with E-state index >= 15 is 0 Å². The molecular formula is C24H18N4O2. The Labute approximate surface area is 173 Å². The minimum absolute atomic E-state index is 0.207. The van der Waals surface area contributed by atoms with Crippen LogP contribution in [0.1, 0.15) is 24.3 Å². The third-order valence-electron chi connectivity index (χ3n) is 4.96. The van der Waals surface area contributed by atoms with E-state index in [1.165, 1.54) is 11.9 Å². The first kappa shape index (κ1) is 18.0. The third kappa shape index (κ3) is 3.18. The molecule has 6 nitrogen and oxygen atoms in total. The normalized spacial score (nSPS) is 15.7. The Morgan fingerprint density at radius 2 is 1.73 bits per heavy atom. The van der Waals surface area contributed by atoms with Crippen molar-refractivity contribution in [2.45, 2.75) is 13.2 Å². The van der Waals surface area contributed by atoms with Crippen molar-refractivity contribution in [1.82, 2.24) is 15.0 Å². The van der Waals surface area contributed by atoms with Crippen molar-refractivity contribution in [1.29, 1.82) is 0 Å². The number of para-hydroxylation sites is 1. The van der Waals surface area contributed by atoms with Crippen LogP contribution in [-0.2, 0) is 9.53 Å². The molecule has 0 unspecified atom stereocenters. The number of benzene rings is 2. The molecule has 0 bridgehead atoms. The number of hydrogen-bond donors (Lipinski definition) is 0. The number of carbonyl (C=O) groups excluding carboxylic acids is 1. The maximum Gasteiger partial charge on any atom is 0.243 e. The van der Waals surface area contributed by atoms with E-state index in [-0.39, 0.29) is 5.91 Å². The van der Waals surface area contributed by atoms with Gasteiger partial charge in [0.15, 0.2) is 0 Å². The van der Waals surface area contributed by atoms with Crippen LogP contribution in [-0.4, -0.2) is 26.8 Å². The molecule has 1 amide bonds. The Hall–Kier alpha value is -4.06. The zero-order chi connectivity index (χ0) is 20.5. The molecule has 1 aliphatic heterocycles. The molecule has 6 heteroatoms. The summed E-state index contributed by atoms with van der Waals surface area (Å²) in [5.74, 6) is 0.159. The Balaban J connectivity index is 1.65. The molecule has 1 atom stereocenters. The van der Waals surface area contributed by atoms with Crippen LogP contribution >= 0.6 is 0 Å². The number of amides is 1. The molecule has 0 aliphatic carbocycles. The van der Waals surface area contributed by atoms with Gasteiger partial charge in [-0.25, -0.2) is 4.98 Å². The topological polar surface area (TPSA) is 67.7 Å². The van der Waals surface area contributed by atoms with Gasteiger partial charge in [0.1, 0.15) is 0 Å². The second-order valence-electron chi connectivity index (χ2n) is 6.96. The molecule has 0 radical (unpaired) electrons. The molecule has 2 aromatic carbocycles. The number of carbonyl (C=O) groups is 1. The van der Waals surface area contributed by atoms with Crippen molar-refractivity contribution in [2.24, 2.45) is 5.10 Å². The molecule has 4 aromatic rings. The summed E-state index contributed by atoms with van der Waals surface area (Å²) in [4.78, 5) is 21.3. The second-order valence-corrected chi connectivity index (χ2v) is 6.96. The average Bonchev–Trinajstić information content (AvgIpc) is 3.25. The van der Waals surface area contributed by atoms with E-state index in [0.717, 1.165) is 27.7 Å². The van der Waals surface area contributed by atoms with E-state index in [1.54, 1.807) is 12.4 Å². The predicted octanol–water partition coefficient (Wildman–Crippen LogP) is 4.54. The van der Waals surface area contributed by atoms with Crippen LogP contribution in [0.3, 0.4) is 0 Å². The lowest BCUT2D eigenvalue weighted by atomic mass is 10.0. The molecule has 0 spiro atoms. The molecule has 2 aromatic heterocycles. The molecule has 30 heavy (non-hydrogen) atoms. The monoisotopic (exact) mass is 394 g/mol. The van der Waals surface area contributed by atoms with Crippen LogP contribution in [0.5, 0.6) is 0 Å². The van der Waals surface area contributed by atoms with Gasteiger partial charge in [-0.15, -0.1) is 5.10 Å². The molecule has 0 fully saturated rings. The van der Waals surface area contributed by atoms with Gasteiger partial charge in [-0.3, -0.25) is 9.78 Å². The number of rotatable bonds is 3. The van der Waals surface area contributed by atoms with Gasteiger partial charge in [0, 0.05) is 35.8 Å². The smallest absolute Gasteiger partial charge is 0.243 e. The zero-order valence-electron chi connectivity index (χ0n) is 16.3. The minimum atomic E-state index is -0.687. The van der Waals surface area contributed by atoms with Gasteiger partial charge >= 0.3 is 0 Å². The van der Waals surface area contributed by atoms with E-state index in [4.69, 9.17) is 9.72 Å². The van der Waals surface area contributed by atoms with Crippen molar-refractivity contribution in [3.8, 4) is 11.3 Å². The molecule has 5 rings (SSSR count). The molecule has 1 aliphatic rings. The first-order chi connectivity index (χ1) is 14.7. The first-order valence-corrected chi connectivity index (χ1v) is 9.61. The Bertz CT molecular complexity index is 1260. The average molecular weight is 394 g/mol. The van der Waals surface area contributed by atoms with Gasteiger partial charge in [-0.1, -0.05) is 48.5 Å². The Kier molecular flexibility index (Phi) is 4.44. The number of nitrogens with zero attached hydrogens (tertiary/aromatic N) is 4. The van der Waals surface area contributed by atoms with Gasteiger partial charge in [0.05, 0.1) is 16.8 Å². The summed E-state index contributed by atoms with van der Waals surface area (Å²) in [6.45, 7) is 1.48. The highest BCUT2D eigenvalue weighted by Crippen LogP contribution is 2.36. The van der Waals surface area contributed by atoms with Gasteiger partial charge in [0.2, 0.25) is 18.0 Å². The quantitative estimate of drug-likeness (QED) is 0.512. The third-order valence-corrected chi connectivity index (χ3v) is 4.96. The lowest BCUT2D eigenvalue weighted by Gasteiger charge is -2.21. The number of hydrazone groups is 1. The lowest BCUT2D eigenvalue weighted by Crippen LogP contribution is -2.25. The summed E-state index contributed by atoms with van der Waals surface area (Å²) in [6, 6.07) is 23.4. The number of aromatic nitrogens is 2. The fourth-order valence-corrected chi connectivity index (χ4v) is 3.54. The highest BCUT2D eigenvalue weighted by atomic mass is 16.5. The number of ether oxygens (including phenoxy) is 1. The van der Waals surface area contributed by atoms with Crippen molar-refractivity contribution < 1.29 is 9.53 Å². The molecule has 0 saturated carbocycles. The van der Waals surface area contributed by atoms with E-state index in [1.807, 2.05) is 72.8 Å². The standard InChI is InChI=1S/C24H18N4O2/c1-16(29)28-24(30-23(27-28)18-10-7-13-25-15-18)20-14-22(17-8-3-2-4-9-17)26-21-12-6-5-11-19(20)21/h2-15,24H,1H3/t24-/m0/s1. The molecule has 0 saturated heterocycles. The van der Waals surface area contributed by atoms with Crippen LogP contribution in [0, 0.1) is 0 Å². The summed E-state index contributed by atoms with van der Waals surface area (Å²) >= 11 is 0. The summed E-state index contributed by atoms with van der Waals surface area (Å²) < 4.78 is 6.19. The number of hydrogen-bond acceptors (Lipinski definition) is 5. The van der Waals surface area contributed by atoms with Crippen LogP contribution in [0.15, 0.2) is 90.3 Å². The zero-order valence-corrected chi connectivity index (χ0v) is 16.3. The maximum atomic E-state index is 12.4. The summed E-state index contributed by atoms with van der Waals surface area (Å²) in [5.41, 5.74) is 4.18. The van der Waals surface area contributed by atoms with Crippen molar-refractivity contribution >= 4 is 22.7 Å². The van der Waals surface area contributed by atoms with Crippen molar-refractivity contribution in [2.75, 3.05) is 0 Å². The van der Waals surface area contributed by atoms with E-state index in [9.17, 15) is 4.79 Å². The molecule has 0 N–H and O–H groups in total. The van der Waals surface area contributed by atoms with Crippen LogP contribution < -0.4 is 0 Å². The van der Waals surface area contributed by atoms with Gasteiger partial charge < -0.3 is 4.74 Å². The summed E-state index contributed by atoms with van der Waals surface area (Å²) in [6.07, 6.45) is 2.66. The fourth-order valence-electron chi connectivity index (χ4n) is 3.54. The van der Waals surface area contributed by atoms with Gasteiger partial charge in [-0.2, -0.15) is 5.01 Å². The SMILES string of the molecule is CC(=O)N1N=C(c2cccnc2)O[C@H]1c1cc(-c2ccccc2)nc2ccccc12. The largest absolute Gasteiger partial charge is 0.446 e. The van der Waals surface area contributed by atoms with Crippen LogP contribution in [0.25, 0.3) is 22.2 Å². The minimum Gasteiger partial charge on any atom is -0.446 e. The van der Waals surface area contributed by atoms with Crippen LogP contribution in [0.4, 0.5) is 0 Å². The fraction of sp³-hybridized carbons (Fsp3) is 0.0833. The summed E-state index contributed by atoms with van der Waals surface area (Å²) in [5, 5.41) is 6.73. The van der Waals surface area contributed by atoms with Crippen LogP contribution in [0.2, 0.25) is 0 Å². The van der Waals surface area contributed by atoms with E-state index < -0.39 is 6.23 Å². The van der Waals surface area contributed by atoms with E-state index in [2.05, 4.69) is 10.1 Å². The highest BCUT2D eigenvalue weighted by molar-refractivity contribution is 5.96. The number of pyridine rings is 2. The van der Waals surface area contributed by atoms with Gasteiger partial charge in [0.25, 0.3) is 0 Å². The molecule has 146 valence electrons. The Morgan fingerprint density at radius 1 is 0.967 bits per heavy atom. The second kappa shape index (κ2) is 7.40. The number of fused-ring (bicyclic) bond motifs is 1. The molecular weight excluding hydrogens is 376 g/mol. The predicted molar refractivity (Wildman–Crippen MR) is 114 cm³/mol. The Morgan fingerprint density at radius 3 is 2.50 bits per heavy atom. The van der Waals surface area contributed by atoms with Gasteiger partial charge in [-0.05, 0) is 24.3 Å². The summed E-state index contributed by atoms with van der Waals surface area (Å²) in [7, 11) is 0. The van der Waals surface area contributed by atoms with Crippen molar-refractivity contribution in [3.63, 3.8) is 0 Å². The van der Waals surface area contributed by atoms with E-state index in [0.29, 0.717) is 11.5 Å². The lowest BCUT2D eigenvalue weighted by molar-refractivity contribution is -0.135.